The van der Waals surface area contributed by atoms with Crippen molar-refractivity contribution in [3.05, 3.63) is 241 Å². The SMILES string of the molecule is C(=C\c1ccc(N(c2ccccc2)c2c3ccccc3c(N(c3ccccc3)c3ccc(/C=C/c4ccccc4)cc3)c3ccccc23)cc1)/c1ccccc1. The first-order chi connectivity index (χ1) is 27.8. The predicted molar refractivity (Wildman–Crippen MR) is 242 cm³/mol. The van der Waals surface area contributed by atoms with E-state index in [-0.39, 0.29) is 0 Å². The minimum atomic E-state index is 1.09. The van der Waals surface area contributed by atoms with Gasteiger partial charge in [0.15, 0.2) is 0 Å². The molecule has 0 aliphatic carbocycles. The van der Waals surface area contributed by atoms with Gasteiger partial charge in [0.2, 0.25) is 0 Å². The molecule has 266 valence electrons. The number of para-hydroxylation sites is 2. The Kier molecular flexibility index (Phi) is 9.75. The smallest absolute Gasteiger partial charge is 0.0619 e. The van der Waals surface area contributed by atoms with E-state index in [2.05, 4.69) is 240 Å². The van der Waals surface area contributed by atoms with Gasteiger partial charge in [0, 0.05) is 44.3 Å². The summed E-state index contributed by atoms with van der Waals surface area (Å²) in [6, 6.07) is 77.8. The Morgan fingerprint density at radius 1 is 0.214 bits per heavy atom. The molecular weight excluding hydrogens is 677 g/mol. The summed E-state index contributed by atoms with van der Waals surface area (Å²) in [4.78, 5) is 4.83. The first-order valence-corrected chi connectivity index (χ1v) is 19.1. The van der Waals surface area contributed by atoms with Crippen molar-refractivity contribution in [3.8, 4) is 0 Å². The van der Waals surface area contributed by atoms with Crippen LogP contribution in [-0.2, 0) is 0 Å². The lowest BCUT2D eigenvalue weighted by Crippen LogP contribution is -2.14. The summed E-state index contributed by atoms with van der Waals surface area (Å²) in [5, 5.41) is 4.67. The van der Waals surface area contributed by atoms with E-state index < -0.39 is 0 Å². The molecule has 56 heavy (non-hydrogen) atoms. The van der Waals surface area contributed by atoms with E-state index in [4.69, 9.17) is 0 Å². The summed E-state index contributed by atoms with van der Waals surface area (Å²) >= 11 is 0. The van der Waals surface area contributed by atoms with Crippen molar-refractivity contribution in [2.75, 3.05) is 9.80 Å². The maximum atomic E-state index is 2.42. The number of anilines is 6. The molecule has 0 aliphatic rings. The summed E-state index contributed by atoms with van der Waals surface area (Å²) in [5.41, 5.74) is 11.3. The third-order valence-electron chi connectivity index (χ3n) is 10.2. The number of hydrogen-bond acceptors (Lipinski definition) is 2. The molecule has 2 heteroatoms. The molecule has 9 aromatic rings. The molecule has 2 nitrogen and oxygen atoms in total. The van der Waals surface area contributed by atoms with Gasteiger partial charge in [-0.15, -0.1) is 0 Å². The summed E-state index contributed by atoms with van der Waals surface area (Å²) in [5.74, 6) is 0. The molecule has 0 saturated carbocycles. The number of fused-ring (bicyclic) bond motifs is 2. The van der Waals surface area contributed by atoms with Gasteiger partial charge in [-0.3, -0.25) is 0 Å². The summed E-state index contributed by atoms with van der Waals surface area (Å²) in [6.07, 6.45) is 8.68. The Labute approximate surface area is 329 Å². The molecular formula is C54H40N2. The second-order valence-electron chi connectivity index (χ2n) is 13.8. The molecule has 0 aliphatic heterocycles. The Balaban J connectivity index is 1.22. The van der Waals surface area contributed by atoms with Crippen LogP contribution in [-0.4, -0.2) is 0 Å². The van der Waals surface area contributed by atoms with Crippen LogP contribution in [0, 0.1) is 0 Å². The number of rotatable bonds is 10. The Morgan fingerprint density at radius 2 is 0.446 bits per heavy atom. The highest BCUT2D eigenvalue weighted by molar-refractivity contribution is 6.23. The molecule has 0 N–H and O–H groups in total. The zero-order valence-electron chi connectivity index (χ0n) is 31.0. The molecule has 0 saturated heterocycles. The third kappa shape index (κ3) is 7.12. The lowest BCUT2D eigenvalue weighted by atomic mass is 9.95. The van der Waals surface area contributed by atoms with Crippen molar-refractivity contribution in [1.29, 1.82) is 0 Å². The number of benzene rings is 9. The van der Waals surface area contributed by atoms with E-state index in [1.165, 1.54) is 32.7 Å². The normalized spacial score (nSPS) is 11.4. The lowest BCUT2D eigenvalue weighted by Gasteiger charge is -2.33. The fourth-order valence-electron chi connectivity index (χ4n) is 7.52. The molecule has 0 heterocycles. The molecule has 0 unspecified atom stereocenters. The first-order valence-electron chi connectivity index (χ1n) is 19.1. The maximum absolute atomic E-state index is 2.42. The monoisotopic (exact) mass is 716 g/mol. The molecule has 0 amide bonds. The van der Waals surface area contributed by atoms with E-state index in [1.807, 2.05) is 12.1 Å². The van der Waals surface area contributed by atoms with Gasteiger partial charge >= 0.3 is 0 Å². The van der Waals surface area contributed by atoms with Crippen LogP contribution >= 0.6 is 0 Å². The summed E-state index contributed by atoms with van der Waals surface area (Å²) < 4.78 is 0. The molecule has 0 spiro atoms. The van der Waals surface area contributed by atoms with Crippen molar-refractivity contribution in [3.63, 3.8) is 0 Å². The van der Waals surface area contributed by atoms with Crippen molar-refractivity contribution in [2.45, 2.75) is 0 Å². The standard InChI is InChI=1S/C54H40N2/c1-5-17-41(18-6-1)29-31-43-33-37-47(38-34-43)55(45-21-9-3-10-22-45)53-49-25-13-15-27-51(49)54(52-28-16-14-26-50(52)53)56(46-23-11-4-12-24-46)48-39-35-44(36-40-48)32-30-42-19-7-2-8-20-42/h1-40H/b31-29+,32-30+. The van der Waals surface area contributed by atoms with Gasteiger partial charge in [-0.25, -0.2) is 0 Å². The lowest BCUT2D eigenvalue weighted by molar-refractivity contribution is 1.29. The van der Waals surface area contributed by atoms with Gasteiger partial charge in [0.25, 0.3) is 0 Å². The average molecular weight is 717 g/mol. The maximum Gasteiger partial charge on any atom is 0.0619 e. The van der Waals surface area contributed by atoms with E-state index in [1.54, 1.807) is 0 Å². The average Bonchev–Trinajstić information content (AvgIpc) is 3.28. The van der Waals surface area contributed by atoms with Gasteiger partial charge in [-0.2, -0.15) is 0 Å². The van der Waals surface area contributed by atoms with Gasteiger partial charge in [0.1, 0.15) is 0 Å². The first kappa shape index (κ1) is 34.4. The van der Waals surface area contributed by atoms with Gasteiger partial charge < -0.3 is 9.80 Å². The molecule has 0 radical (unpaired) electrons. The molecule has 0 fully saturated rings. The van der Waals surface area contributed by atoms with Crippen LogP contribution in [0.3, 0.4) is 0 Å². The molecule has 0 atom stereocenters. The van der Waals surface area contributed by atoms with Crippen LogP contribution in [0.2, 0.25) is 0 Å². The van der Waals surface area contributed by atoms with Crippen molar-refractivity contribution < 1.29 is 0 Å². The summed E-state index contributed by atoms with van der Waals surface area (Å²) in [7, 11) is 0. The second kappa shape index (κ2) is 15.9. The minimum absolute atomic E-state index is 1.09. The van der Waals surface area contributed by atoms with E-state index >= 15 is 0 Å². The Hall–Kier alpha value is -7.42. The molecule has 0 aromatic heterocycles. The highest BCUT2D eigenvalue weighted by Gasteiger charge is 2.25. The highest BCUT2D eigenvalue weighted by atomic mass is 15.2. The van der Waals surface area contributed by atoms with Gasteiger partial charge in [-0.05, 0) is 70.8 Å². The fraction of sp³-hybridized carbons (Fsp3) is 0. The zero-order chi connectivity index (χ0) is 37.5. The quantitative estimate of drug-likeness (QED) is 0.0790. The van der Waals surface area contributed by atoms with E-state index in [0.717, 1.165) is 45.3 Å². The van der Waals surface area contributed by atoms with Crippen LogP contribution in [0.5, 0.6) is 0 Å². The van der Waals surface area contributed by atoms with Crippen LogP contribution < -0.4 is 9.80 Å². The zero-order valence-corrected chi connectivity index (χ0v) is 31.0. The van der Waals surface area contributed by atoms with E-state index in [0.29, 0.717) is 0 Å². The van der Waals surface area contributed by atoms with Crippen molar-refractivity contribution in [1.82, 2.24) is 0 Å². The van der Waals surface area contributed by atoms with Crippen LogP contribution in [0.25, 0.3) is 45.8 Å². The molecule has 9 rings (SSSR count). The third-order valence-corrected chi connectivity index (χ3v) is 10.2. The van der Waals surface area contributed by atoms with Crippen LogP contribution in [0.4, 0.5) is 34.1 Å². The van der Waals surface area contributed by atoms with Crippen LogP contribution in [0.15, 0.2) is 218 Å². The molecule has 0 bridgehead atoms. The Bertz CT molecular complexity index is 2500. The second-order valence-corrected chi connectivity index (χ2v) is 13.8. The number of hydrogen-bond donors (Lipinski definition) is 0. The number of nitrogens with zero attached hydrogens (tertiary/aromatic N) is 2. The molecule has 9 aromatic carbocycles. The van der Waals surface area contributed by atoms with Gasteiger partial charge in [0.05, 0.1) is 11.4 Å². The Morgan fingerprint density at radius 3 is 0.750 bits per heavy atom. The van der Waals surface area contributed by atoms with Crippen molar-refractivity contribution >= 4 is 80.0 Å². The highest BCUT2D eigenvalue weighted by Crippen LogP contribution is 2.50. The van der Waals surface area contributed by atoms with Gasteiger partial charge in [-0.1, -0.05) is 194 Å². The van der Waals surface area contributed by atoms with E-state index in [9.17, 15) is 0 Å². The van der Waals surface area contributed by atoms with Crippen molar-refractivity contribution in [2.24, 2.45) is 0 Å². The minimum Gasteiger partial charge on any atom is -0.309 e. The van der Waals surface area contributed by atoms with Crippen LogP contribution in [0.1, 0.15) is 22.3 Å². The largest absolute Gasteiger partial charge is 0.309 e. The predicted octanol–water partition coefficient (Wildman–Crippen LogP) is 15.3. The summed E-state index contributed by atoms with van der Waals surface area (Å²) in [6.45, 7) is 0. The topological polar surface area (TPSA) is 6.48 Å². The fourth-order valence-corrected chi connectivity index (χ4v) is 7.52.